The van der Waals surface area contributed by atoms with Gasteiger partial charge in [0.1, 0.15) is 0 Å². The van der Waals surface area contributed by atoms with E-state index in [9.17, 15) is 9.79 Å². The average molecular weight is 537 g/mol. The van der Waals surface area contributed by atoms with Gasteiger partial charge in [-0.2, -0.15) is 31.1 Å². The fourth-order valence-corrected chi connectivity index (χ4v) is 0.750. The van der Waals surface area contributed by atoms with Crippen LogP contribution in [0.15, 0.2) is 0 Å². The molecule has 0 aromatic heterocycles. The number of rotatable bonds is 6. The van der Waals surface area contributed by atoms with Gasteiger partial charge in [-0.1, -0.05) is 59.3 Å². The van der Waals surface area contributed by atoms with Crippen molar-refractivity contribution in [3.63, 3.8) is 0 Å². The molecule has 2 nitrogen and oxygen atoms in total. The summed E-state index contributed by atoms with van der Waals surface area (Å²) >= 11 is 7.28. The SMILES string of the molecule is [CH2-]CCCC.[CH2-]CCCC.[CH2-]CCCC.[O-]P([O-])(=S)[S-].[Zn+2].[Zn+2].[Zn+2]. The van der Waals surface area contributed by atoms with Gasteiger partial charge in [0.05, 0.1) is 0 Å². The van der Waals surface area contributed by atoms with Crippen LogP contribution in [0.3, 0.4) is 0 Å². The fraction of sp³-hybridized carbons (Fsp3) is 0.800. The van der Waals surface area contributed by atoms with Gasteiger partial charge in [0.25, 0.3) is 0 Å². The Hall–Kier alpha value is 2.79. The smallest absolute Gasteiger partial charge is 0.850 e. The van der Waals surface area contributed by atoms with Crippen LogP contribution >= 0.6 is 5.69 Å². The maximum absolute atomic E-state index is 9.29. The van der Waals surface area contributed by atoms with Crippen molar-refractivity contribution in [2.75, 3.05) is 0 Å². The van der Waals surface area contributed by atoms with Crippen LogP contribution in [0, 0.1) is 20.8 Å². The average Bonchev–Trinajstić information content (AvgIpc) is 2.31. The molecule has 0 saturated carbocycles. The molecule has 8 heteroatoms. The third-order valence-corrected chi connectivity index (χ3v) is 1.81. The second-order valence-electron chi connectivity index (χ2n) is 4.07. The van der Waals surface area contributed by atoms with Crippen molar-refractivity contribution < 1.29 is 68.2 Å². The Morgan fingerprint density at radius 1 is 0.739 bits per heavy atom. The molecule has 128 valence electrons. The minimum absolute atomic E-state index is 0. The van der Waals surface area contributed by atoms with Crippen LogP contribution in [0.1, 0.15) is 78.6 Å². The van der Waals surface area contributed by atoms with E-state index >= 15 is 0 Å². The van der Waals surface area contributed by atoms with Crippen molar-refractivity contribution in [1.29, 1.82) is 0 Å². The monoisotopic (exact) mass is 532 g/mol. The van der Waals surface area contributed by atoms with Crippen LogP contribution in [0.4, 0.5) is 0 Å². The maximum Gasteiger partial charge on any atom is 2.00 e. The molecule has 0 heterocycles. The minimum Gasteiger partial charge on any atom is -0.850 e. The van der Waals surface area contributed by atoms with Gasteiger partial charge in [0, 0.05) is 0 Å². The molecule has 0 unspecified atom stereocenters. The van der Waals surface area contributed by atoms with Gasteiger partial charge in [-0.05, 0) is 0 Å². The molecule has 0 rings (SSSR count). The van der Waals surface area contributed by atoms with Crippen LogP contribution < -0.4 is 9.79 Å². The third kappa shape index (κ3) is 167. The molecular weight excluding hydrogens is 503 g/mol. The van der Waals surface area contributed by atoms with Crippen molar-refractivity contribution in [2.45, 2.75) is 78.6 Å². The predicted octanol–water partition coefficient (Wildman–Crippen LogP) is 4.50. The van der Waals surface area contributed by atoms with Gasteiger partial charge in [0.2, 0.25) is 0 Å². The topological polar surface area (TPSA) is 46.1 Å². The second kappa shape index (κ2) is 44.3. The van der Waals surface area contributed by atoms with Gasteiger partial charge < -0.3 is 48.5 Å². The molecule has 0 amide bonds. The Labute approximate surface area is 195 Å². The molecule has 0 bridgehead atoms. The first-order valence-electron chi connectivity index (χ1n) is 7.35. The van der Waals surface area contributed by atoms with E-state index in [4.69, 9.17) is 0 Å². The molecule has 0 radical (unpaired) electrons. The zero-order valence-corrected chi connectivity index (χ0v) is 27.1. The predicted molar refractivity (Wildman–Crippen MR) is 96.3 cm³/mol. The molecule has 0 aromatic carbocycles. The molecule has 23 heavy (non-hydrogen) atoms. The van der Waals surface area contributed by atoms with Crippen LogP contribution in [0.5, 0.6) is 0 Å². The van der Waals surface area contributed by atoms with Gasteiger partial charge in [0.15, 0.2) is 0 Å². The van der Waals surface area contributed by atoms with Crippen molar-refractivity contribution in [1.82, 2.24) is 0 Å². The molecule has 0 aliphatic heterocycles. The molecule has 0 spiro atoms. The first-order valence-corrected chi connectivity index (χ1v) is 11.0. The van der Waals surface area contributed by atoms with Crippen LogP contribution in [-0.2, 0) is 82.5 Å². The van der Waals surface area contributed by atoms with E-state index in [0.29, 0.717) is 0 Å². The zero-order valence-electron chi connectivity index (χ0n) is 15.7. The van der Waals surface area contributed by atoms with Gasteiger partial charge in [-0.25, -0.2) is 0 Å². The summed E-state index contributed by atoms with van der Waals surface area (Å²) in [6.07, 6.45) is 11.0. The Bertz CT molecular complexity index is 158. The number of unbranched alkanes of at least 4 members (excludes halogenated alkanes) is 6. The van der Waals surface area contributed by atoms with E-state index in [2.05, 4.69) is 65.6 Å². The van der Waals surface area contributed by atoms with Gasteiger partial charge in [-0.3, -0.25) is 0 Å². The Morgan fingerprint density at radius 2 is 0.870 bits per heavy atom. The molecule has 0 saturated heterocycles. The quantitative estimate of drug-likeness (QED) is 0.217. The van der Waals surface area contributed by atoms with Crippen LogP contribution in [0.2, 0.25) is 0 Å². The van der Waals surface area contributed by atoms with Crippen LogP contribution in [0.25, 0.3) is 0 Å². The Morgan fingerprint density at radius 3 is 0.870 bits per heavy atom. The summed E-state index contributed by atoms with van der Waals surface area (Å²) in [7, 11) is 0. The Kier molecular flexibility index (Phi) is 86.5. The van der Waals surface area contributed by atoms with E-state index in [1.165, 1.54) is 38.5 Å². The normalized spacial score (nSPS) is 8.04. The molecule has 0 N–H and O–H groups in total. The summed E-state index contributed by atoms with van der Waals surface area (Å²) in [6.45, 7) is 17.5. The molecule has 0 aliphatic rings. The summed E-state index contributed by atoms with van der Waals surface area (Å²) in [5, 5.41) is 0. The zero-order chi connectivity index (χ0) is 16.9. The van der Waals surface area contributed by atoms with Crippen molar-refractivity contribution >= 4 is 29.7 Å². The number of hydrogen-bond donors (Lipinski definition) is 0. The second-order valence-corrected chi connectivity index (χ2v) is 8.54. The van der Waals surface area contributed by atoms with E-state index in [-0.39, 0.29) is 58.4 Å². The largest absolute Gasteiger partial charge is 2.00 e. The number of hydrogen-bond acceptors (Lipinski definition) is 4. The minimum atomic E-state index is -3.72. The third-order valence-electron chi connectivity index (χ3n) is 1.81. The van der Waals surface area contributed by atoms with E-state index in [1.807, 2.05) is 0 Å². The molecule has 0 fully saturated rings. The molecule has 0 atom stereocenters. The van der Waals surface area contributed by atoms with Gasteiger partial charge >= 0.3 is 58.4 Å². The van der Waals surface area contributed by atoms with Crippen molar-refractivity contribution in [2.24, 2.45) is 0 Å². The summed E-state index contributed by atoms with van der Waals surface area (Å²) in [5.74, 6) is 0. The standard InChI is InChI=1S/3C5H11.H3O2PS2.3Zn/c3*1-3-5-4-2;1-3(2,4)5;;;/h3*1,3-5H2,2H3;(H3,1,2,4,5);;;/q3*-1;;3*+2/p-3. The van der Waals surface area contributed by atoms with E-state index < -0.39 is 5.69 Å². The van der Waals surface area contributed by atoms with Gasteiger partial charge in [-0.15, -0.1) is 0 Å². The van der Waals surface area contributed by atoms with E-state index in [0.717, 1.165) is 19.3 Å². The maximum atomic E-state index is 9.29. The summed E-state index contributed by atoms with van der Waals surface area (Å²) in [4.78, 5) is 18.6. The van der Waals surface area contributed by atoms with Crippen molar-refractivity contribution in [3.8, 4) is 0 Å². The molecule has 0 aliphatic carbocycles. The summed E-state index contributed by atoms with van der Waals surface area (Å²) in [6, 6.07) is 0. The fourth-order valence-electron chi connectivity index (χ4n) is 0.750. The first kappa shape index (κ1) is 44.9. The van der Waals surface area contributed by atoms with Crippen LogP contribution in [-0.4, -0.2) is 0 Å². The van der Waals surface area contributed by atoms with Crippen molar-refractivity contribution in [3.05, 3.63) is 20.8 Å². The first-order chi connectivity index (χ1) is 9.24. The summed E-state index contributed by atoms with van der Waals surface area (Å²) < 4.78 is 0. The summed E-state index contributed by atoms with van der Waals surface area (Å²) in [5.41, 5.74) is -3.72. The Balaban J connectivity index is -0.0000000284. The molecular formula is C15H33O2PS2Zn3. The molecule has 0 aromatic rings. The van der Waals surface area contributed by atoms with E-state index in [1.54, 1.807) is 0 Å².